The van der Waals surface area contributed by atoms with Gasteiger partial charge in [-0.1, -0.05) is 6.07 Å². The van der Waals surface area contributed by atoms with Crippen LogP contribution >= 0.6 is 11.3 Å². The number of benzene rings is 1. The minimum absolute atomic E-state index is 0.0183. The molecule has 3 rings (SSSR count). The summed E-state index contributed by atoms with van der Waals surface area (Å²) in [5.74, 6) is 0. The van der Waals surface area contributed by atoms with Crippen LogP contribution < -0.4 is 0 Å². The summed E-state index contributed by atoms with van der Waals surface area (Å²) in [5.41, 5.74) is 1.02. The number of rotatable bonds is 4. The topological polar surface area (TPSA) is 38.7 Å². The molecule has 0 amide bonds. The van der Waals surface area contributed by atoms with Crippen LogP contribution in [0.3, 0.4) is 0 Å². The normalized spacial score (nSPS) is 21.6. The molecule has 1 aliphatic heterocycles. The average molecular weight is 278 g/mol. The zero-order valence-electron chi connectivity index (χ0n) is 10.7. The molecule has 0 radical (unpaired) electrons. The summed E-state index contributed by atoms with van der Waals surface area (Å²) in [7, 11) is 0. The monoisotopic (exact) mass is 278 g/mol. The highest BCUT2D eigenvalue weighted by Crippen LogP contribution is 2.28. The molecule has 0 saturated carbocycles. The number of hydrogen-bond donors (Lipinski definition) is 1. The van der Waals surface area contributed by atoms with Gasteiger partial charge in [0, 0.05) is 11.3 Å². The second-order valence-corrected chi connectivity index (χ2v) is 5.77. The lowest BCUT2D eigenvalue weighted by Crippen LogP contribution is -2.25. The first-order valence-corrected chi connectivity index (χ1v) is 7.60. The van der Waals surface area contributed by atoms with Gasteiger partial charge in [0.2, 0.25) is 0 Å². The fraction of sp³-hybridized carbons (Fsp3) is 0.467. The van der Waals surface area contributed by atoms with E-state index in [0.29, 0.717) is 0 Å². The summed E-state index contributed by atoms with van der Waals surface area (Å²) in [6.45, 7) is 0.738. The van der Waals surface area contributed by atoms with Crippen molar-refractivity contribution in [2.75, 3.05) is 13.2 Å². The molecule has 1 aromatic heterocycles. The Hall–Kier alpha value is -0.940. The van der Waals surface area contributed by atoms with Gasteiger partial charge in [0.1, 0.15) is 6.10 Å². The standard InChI is InChI=1S/C15H18O3S/c16-10-13(18-15-3-1-2-7-17-15)11-4-5-14-12(9-11)6-8-19-14/h4-6,8-9,13,15-16H,1-3,7,10H2/t13-,15?/m0/s1. The van der Waals surface area contributed by atoms with E-state index in [1.54, 1.807) is 11.3 Å². The third-order valence-electron chi connectivity index (χ3n) is 3.47. The first kappa shape index (κ1) is 13.1. The Morgan fingerprint density at radius 3 is 3.11 bits per heavy atom. The van der Waals surface area contributed by atoms with E-state index in [2.05, 4.69) is 23.6 Å². The summed E-state index contributed by atoms with van der Waals surface area (Å²) < 4.78 is 12.7. The number of fused-ring (bicyclic) bond motifs is 1. The van der Waals surface area contributed by atoms with E-state index in [9.17, 15) is 5.11 Å². The molecule has 2 aromatic rings. The van der Waals surface area contributed by atoms with Crippen LogP contribution in [-0.4, -0.2) is 24.6 Å². The molecule has 1 saturated heterocycles. The predicted molar refractivity (Wildman–Crippen MR) is 76.3 cm³/mol. The van der Waals surface area contributed by atoms with Crippen LogP contribution in [0.2, 0.25) is 0 Å². The van der Waals surface area contributed by atoms with E-state index in [1.165, 1.54) is 10.1 Å². The quantitative estimate of drug-likeness (QED) is 0.930. The zero-order chi connectivity index (χ0) is 13.1. The van der Waals surface area contributed by atoms with Gasteiger partial charge in [0.15, 0.2) is 6.29 Å². The Bertz CT molecular complexity index is 531. The zero-order valence-corrected chi connectivity index (χ0v) is 11.6. The van der Waals surface area contributed by atoms with E-state index >= 15 is 0 Å². The van der Waals surface area contributed by atoms with E-state index in [1.807, 2.05) is 6.07 Å². The van der Waals surface area contributed by atoms with Crippen LogP contribution in [0.4, 0.5) is 0 Å². The van der Waals surface area contributed by atoms with Gasteiger partial charge in [0.05, 0.1) is 6.61 Å². The molecule has 1 unspecified atom stereocenters. The maximum atomic E-state index is 9.55. The van der Waals surface area contributed by atoms with Crippen molar-refractivity contribution >= 4 is 21.4 Å². The molecule has 1 fully saturated rings. The Kier molecular flexibility index (Phi) is 4.13. The van der Waals surface area contributed by atoms with E-state index in [-0.39, 0.29) is 19.0 Å². The molecule has 102 valence electrons. The highest BCUT2D eigenvalue weighted by atomic mass is 32.1. The summed E-state index contributed by atoms with van der Waals surface area (Å²) >= 11 is 1.72. The molecular formula is C15H18O3S. The average Bonchev–Trinajstić information content (AvgIpc) is 2.93. The molecule has 1 aliphatic rings. The molecule has 2 heterocycles. The van der Waals surface area contributed by atoms with Crippen molar-refractivity contribution in [2.45, 2.75) is 31.7 Å². The SMILES string of the molecule is OC[C@H](OC1CCCCO1)c1ccc2sccc2c1. The molecule has 1 aromatic carbocycles. The summed E-state index contributed by atoms with van der Waals surface area (Å²) in [5, 5.41) is 12.8. The summed E-state index contributed by atoms with van der Waals surface area (Å²) in [6, 6.07) is 8.30. The number of thiophene rings is 1. The summed E-state index contributed by atoms with van der Waals surface area (Å²) in [6.07, 6.45) is 2.67. The van der Waals surface area contributed by atoms with Crippen LogP contribution in [0.15, 0.2) is 29.6 Å². The van der Waals surface area contributed by atoms with Gasteiger partial charge in [-0.05, 0) is 53.8 Å². The van der Waals surface area contributed by atoms with Gasteiger partial charge < -0.3 is 14.6 Å². The smallest absolute Gasteiger partial charge is 0.158 e. The first-order chi connectivity index (χ1) is 9.36. The van der Waals surface area contributed by atoms with Crippen molar-refractivity contribution < 1.29 is 14.6 Å². The maximum absolute atomic E-state index is 9.55. The molecule has 0 aliphatic carbocycles. The number of aliphatic hydroxyl groups is 1. The predicted octanol–water partition coefficient (Wildman–Crippen LogP) is 3.48. The highest BCUT2D eigenvalue weighted by Gasteiger charge is 2.20. The van der Waals surface area contributed by atoms with Gasteiger partial charge in [0.25, 0.3) is 0 Å². The lowest BCUT2D eigenvalue weighted by atomic mass is 10.1. The fourth-order valence-electron chi connectivity index (χ4n) is 2.41. The number of hydrogen-bond acceptors (Lipinski definition) is 4. The minimum atomic E-state index is -0.299. The lowest BCUT2D eigenvalue weighted by molar-refractivity contribution is -0.196. The molecule has 0 bridgehead atoms. The second-order valence-electron chi connectivity index (χ2n) is 4.82. The molecule has 1 N–H and O–H groups in total. The van der Waals surface area contributed by atoms with Gasteiger partial charge in [-0.25, -0.2) is 0 Å². The van der Waals surface area contributed by atoms with Crippen molar-refractivity contribution in [1.29, 1.82) is 0 Å². The molecule has 4 heteroatoms. The van der Waals surface area contributed by atoms with E-state index in [0.717, 1.165) is 31.4 Å². The third-order valence-corrected chi connectivity index (χ3v) is 4.37. The van der Waals surface area contributed by atoms with Crippen LogP contribution in [0.1, 0.15) is 30.9 Å². The largest absolute Gasteiger partial charge is 0.393 e. The number of aliphatic hydroxyl groups excluding tert-OH is 1. The van der Waals surface area contributed by atoms with E-state index < -0.39 is 0 Å². The maximum Gasteiger partial charge on any atom is 0.158 e. The third kappa shape index (κ3) is 2.98. The van der Waals surface area contributed by atoms with E-state index in [4.69, 9.17) is 9.47 Å². The van der Waals surface area contributed by atoms with Gasteiger partial charge in [-0.15, -0.1) is 11.3 Å². The van der Waals surface area contributed by atoms with Crippen molar-refractivity contribution in [1.82, 2.24) is 0 Å². The lowest BCUT2D eigenvalue weighted by Gasteiger charge is -2.27. The van der Waals surface area contributed by atoms with Gasteiger partial charge in [-0.2, -0.15) is 0 Å². The molecule has 0 spiro atoms. The Labute approximate surface area is 116 Å². The minimum Gasteiger partial charge on any atom is -0.393 e. The highest BCUT2D eigenvalue weighted by molar-refractivity contribution is 7.17. The van der Waals surface area contributed by atoms with Crippen LogP contribution in [0.25, 0.3) is 10.1 Å². The first-order valence-electron chi connectivity index (χ1n) is 6.72. The van der Waals surface area contributed by atoms with Crippen molar-refractivity contribution in [3.05, 3.63) is 35.2 Å². The Morgan fingerprint density at radius 1 is 1.37 bits per heavy atom. The summed E-state index contributed by atoms with van der Waals surface area (Å²) in [4.78, 5) is 0. The Morgan fingerprint density at radius 2 is 2.32 bits per heavy atom. The van der Waals surface area contributed by atoms with Crippen molar-refractivity contribution in [2.24, 2.45) is 0 Å². The number of ether oxygens (including phenoxy) is 2. The second kappa shape index (κ2) is 6.01. The van der Waals surface area contributed by atoms with Crippen molar-refractivity contribution in [3.63, 3.8) is 0 Å². The fourth-order valence-corrected chi connectivity index (χ4v) is 3.19. The van der Waals surface area contributed by atoms with Crippen LogP contribution in [-0.2, 0) is 9.47 Å². The van der Waals surface area contributed by atoms with Crippen LogP contribution in [0.5, 0.6) is 0 Å². The molecular weight excluding hydrogens is 260 g/mol. The van der Waals surface area contributed by atoms with Crippen LogP contribution in [0, 0.1) is 0 Å². The van der Waals surface area contributed by atoms with Crippen molar-refractivity contribution in [3.8, 4) is 0 Å². The molecule has 2 atom stereocenters. The molecule has 19 heavy (non-hydrogen) atoms. The molecule has 3 nitrogen and oxygen atoms in total. The van der Waals surface area contributed by atoms with Gasteiger partial charge >= 0.3 is 0 Å². The Balaban J connectivity index is 1.76. The van der Waals surface area contributed by atoms with Gasteiger partial charge in [-0.3, -0.25) is 0 Å².